The summed E-state index contributed by atoms with van der Waals surface area (Å²) in [6.07, 6.45) is 0.785. The molecule has 1 aromatic heterocycles. The lowest BCUT2D eigenvalue weighted by atomic mass is 10.2. The minimum absolute atomic E-state index is 0.119. The number of carbonyl (C=O) groups is 3. The highest BCUT2D eigenvalue weighted by molar-refractivity contribution is 5.92. The van der Waals surface area contributed by atoms with Gasteiger partial charge in [0.2, 0.25) is 0 Å². The fourth-order valence-electron chi connectivity index (χ4n) is 2.48. The number of amides is 4. The number of urea groups is 1. The lowest BCUT2D eigenvalue weighted by molar-refractivity contribution is -0.607. The monoisotopic (exact) mass is 379 g/mol. The van der Waals surface area contributed by atoms with Gasteiger partial charge in [0.15, 0.2) is 6.20 Å². The molecule has 0 unspecified atom stereocenters. The molecule has 0 aliphatic carbocycles. The lowest BCUT2D eigenvalue weighted by Gasteiger charge is -2.37. The van der Waals surface area contributed by atoms with Crippen molar-refractivity contribution in [2.45, 2.75) is 26.4 Å². The smallest absolute Gasteiger partial charge is 0.410 e. The van der Waals surface area contributed by atoms with Crippen molar-refractivity contribution < 1.29 is 23.9 Å². The van der Waals surface area contributed by atoms with Crippen molar-refractivity contribution in [3.05, 3.63) is 35.3 Å². The normalized spacial score (nSPS) is 14.5. The minimum atomic E-state index is -0.686. The fourth-order valence-corrected chi connectivity index (χ4v) is 2.48. The summed E-state index contributed by atoms with van der Waals surface area (Å²) in [6.45, 7) is 6.67. The first kappa shape index (κ1) is 20.3. The average Bonchev–Trinajstić information content (AvgIpc) is 2.60. The van der Waals surface area contributed by atoms with E-state index in [0.29, 0.717) is 30.9 Å². The summed E-state index contributed by atoms with van der Waals surface area (Å²) in [4.78, 5) is 39.7. The van der Waals surface area contributed by atoms with Crippen molar-refractivity contribution in [2.24, 2.45) is 0 Å². The SMILES string of the molecule is CN(NC(=O)c1cccc[n+]1[O-])C(=O)N1CCN(C(=O)OC(C)(C)C)CC1. The number of pyridine rings is 1. The van der Waals surface area contributed by atoms with E-state index in [2.05, 4.69) is 5.43 Å². The molecule has 0 spiro atoms. The highest BCUT2D eigenvalue weighted by Gasteiger charge is 2.29. The third-order valence-corrected chi connectivity index (χ3v) is 3.81. The largest absolute Gasteiger partial charge is 0.618 e. The highest BCUT2D eigenvalue weighted by Crippen LogP contribution is 2.12. The zero-order chi connectivity index (χ0) is 20.2. The first-order valence-corrected chi connectivity index (χ1v) is 8.58. The van der Waals surface area contributed by atoms with Gasteiger partial charge >= 0.3 is 18.0 Å². The Kier molecular flexibility index (Phi) is 6.09. The molecular formula is C17H25N5O5. The van der Waals surface area contributed by atoms with Gasteiger partial charge in [-0.25, -0.2) is 14.6 Å². The number of nitrogens with zero attached hydrogens (tertiary/aromatic N) is 4. The van der Waals surface area contributed by atoms with E-state index in [9.17, 15) is 19.6 Å². The Balaban J connectivity index is 1.87. The third kappa shape index (κ3) is 5.47. The molecule has 2 rings (SSSR count). The van der Waals surface area contributed by atoms with E-state index in [1.54, 1.807) is 26.8 Å². The Hall–Kier alpha value is -3.04. The van der Waals surface area contributed by atoms with E-state index in [-0.39, 0.29) is 5.69 Å². The van der Waals surface area contributed by atoms with Crippen LogP contribution in [0.3, 0.4) is 0 Å². The molecule has 0 atom stereocenters. The van der Waals surface area contributed by atoms with Gasteiger partial charge < -0.3 is 19.7 Å². The zero-order valence-corrected chi connectivity index (χ0v) is 16.0. The number of aromatic nitrogens is 1. The molecule has 0 saturated carbocycles. The van der Waals surface area contributed by atoms with Gasteiger partial charge in [0, 0.05) is 45.4 Å². The van der Waals surface area contributed by atoms with Crippen LogP contribution < -0.4 is 10.2 Å². The predicted molar refractivity (Wildman–Crippen MR) is 95.4 cm³/mol. The topological polar surface area (TPSA) is 109 Å². The van der Waals surface area contributed by atoms with Gasteiger partial charge in [0.1, 0.15) is 5.60 Å². The second-order valence-corrected chi connectivity index (χ2v) is 7.15. The molecule has 4 amide bonds. The number of ether oxygens (including phenoxy) is 1. The maximum atomic E-state index is 12.5. The molecule has 27 heavy (non-hydrogen) atoms. The van der Waals surface area contributed by atoms with Crippen molar-refractivity contribution in [1.82, 2.24) is 20.2 Å². The molecule has 10 nitrogen and oxygen atoms in total. The molecule has 1 fully saturated rings. The quantitative estimate of drug-likeness (QED) is 0.436. The van der Waals surface area contributed by atoms with Gasteiger partial charge in [-0.15, -0.1) is 0 Å². The van der Waals surface area contributed by atoms with Crippen LogP contribution in [0.5, 0.6) is 0 Å². The summed E-state index contributed by atoms with van der Waals surface area (Å²) in [6, 6.07) is 3.99. The number of rotatable bonds is 1. The summed E-state index contributed by atoms with van der Waals surface area (Å²) in [5.41, 5.74) is 1.68. The van der Waals surface area contributed by atoms with Gasteiger partial charge in [-0.2, -0.15) is 4.73 Å². The van der Waals surface area contributed by atoms with Crippen molar-refractivity contribution in [2.75, 3.05) is 33.2 Å². The Labute approximate surface area is 157 Å². The Morgan fingerprint density at radius 2 is 1.74 bits per heavy atom. The lowest BCUT2D eigenvalue weighted by Crippen LogP contribution is -2.57. The summed E-state index contributed by atoms with van der Waals surface area (Å²) in [5, 5.41) is 12.6. The average molecular weight is 379 g/mol. The van der Waals surface area contributed by atoms with Crippen molar-refractivity contribution in [1.29, 1.82) is 0 Å². The van der Waals surface area contributed by atoms with E-state index < -0.39 is 23.6 Å². The number of hydrazine groups is 1. The molecule has 0 bridgehead atoms. The number of hydrogen-bond donors (Lipinski definition) is 1. The van der Waals surface area contributed by atoms with E-state index in [0.717, 1.165) is 5.01 Å². The van der Waals surface area contributed by atoms with Crippen molar-refractivity contribution >= 4 is 18.0 Å². The van der Waals surface area contributed by atoms with Crippen LogP contribution in [-0.2, 0) is 4.74 Å². The van der Waals surface area contributed by atoms with Crippen LogP contribution in [-0.4, -0.2) is 71.7 Å². The Bertz CT molecular complexity index is 710. The van der Waals surface area contributed by atoms with Crippen LogP contribution in [0.15, 0.2) is 24.4 Å². The molecule has 1 aliphatic rings. The van der Waals surface area contributed by atoms with E-state index >= 15 is 0 Å². The third-order valence-electron chi connectivity index (χ3n) is 3.81. The second-order valence-electron chi connectivity index (χ2n) is 7.15. The highest BCUT2D eigenvalue weighted by atomic mass is 16.6. The Morgan fingerprint density at radius 3 is 2.30 bits per heavy atom. The van der Waals surface area contributed by atoms with Crippen LogP contribution in [0.25, 0.3) is 0 Å². The van der Waals surface area contributed by atoms with E-state index in [1.165, 1.54) is 35.2 Å². The summed E-state index contributed by atoms with van der Waals surface area (Å²) >= 11 is 0. The molecule has 10 heteroatoms. The molecule has 148 valence electrons. The predicted octanol–water partition coefficient (Wildman–Crippen LogP) is 0.569. The van der Waals surface area contributed by atoms with Gasteiger partial charge in [0.05, 0.1) is 0 Å². The first-order chi connectivity index (χ1) is 12.6. The molecule has 1 saturated heterocycles. The zero-order valence-electron chi connectivity index (χ0n) is 16.0. The van der Waals surface area contributed by atoms with Crippen LogP contribution >= 0.6 is 0 Å². The van der Waals surface area contributed by atoms with Crippen LogP contribution in [0.2, 0.25) is 0 Å². The fraction of sp³-hybridized carbons (Fsp3) is 0.529. The van der Waals surface area contributed by atoms with Gasteiger partial charge in [0.25, 0.3) is 5.69 Å². The molecule has 0 radical (unpaired) electrons. The Morgan fingerprint density at radius 1 is 1.15 bits per heavy atom. The van der Waals surface area contributed by atoms with Crippen molar-refractivity contribution in [3.8, 4) is 0 Å². The summed E-state index contributed by atoms with van der Waals surface area (Å²) in [7, 11) is 1.40. The second kappa shape index (κ2) is 8.11. The minimum Gasteiger partial charge on any atom is -0.618 e. The van der Waals surface area contributed by atoms with E-state index in [4.69, 9.17) is 4.74 Å². The van der Waals surface area contributed by atoms with Gasteiger partial charge in [-0.1, -0.05) is 0 Å². The maximum absolute atomic E-state index is 12.5. The van der Waals surface area contributed by atoms with Crippen LogP contribution in [0.1, 0.15) is 31.3 Å². The molecule has 1 aliphatic heterocycles. The number of carbonyl (C=O) groups excluding carboxylic acids is 3. The van der Waals surface area contributed by atoms with Crippen LogP contribution in [0, 0.1) is 5.21 Å². The summed E-state index contributed by atoms with van der Waals surface area (Å²) < 4.78 is 5.74. The van der Waals surface area contributed by atoms with Crippen LogP contribution in [0.4, 0.5) is 9.59 Å². The van der Waals surface area contributed by atoms with Gasteiger partial charge in [-0.05, 0) is 26.8 Å². The van der Waals surface area contributed by atoms with Gasteiger partial charge in [-0.3, -0.25) is 10.2 Å². The molecular weight excluding hydrogens is 354 g/mol. The number of hydrogen-bond acceptors (Lipinski definition) is 5. The molecule has 2 heterocycles. The van der Waals surface area contributed by atoms with E-state index in [1.807, 2.05) is 0 Å². The standard InChI is InChI=1S/C17H25N5O5/c1-17(2,3)27-16(25)21-11-9-20(10-12-21)15(24)19(4)18-14(23)13-7-5-6-8-22(13)26/h5-8H,9-12H2,1-4H3,(H,18,23). The number of nitrogens with one attached hydrogen (secondary N) is 1. The molecule has 1 aromatic rings. The maximum Gasteiger partial charge on any atom is 0.410 e. The molecule has 0 aromatic carbocycles. The summed E-state index contributed by atoms with van der Waals surface area (Å²) in [5.74, 6) is -0.686. The van der Waals surface area contributed by atoms with Crippen molar-refractivity contribution in [3.63, 3.8) is 0 Å². The first-order valence-electron chi connectivity index (χ1n) is 8.58. The molecule has 1 N–H and O–H groups in total. The number of piperazine rings is 1.